The third kappa shape index (κ3) is 6.30. The zero-order valence-electron chi connectivity index (χ0n) is 16.5. The van der Waals surface area contributed by atoms with Crippen molar-refractivity contribution >= 4 is 35.4 Å². The normalized spacial score (nSPS) is 20.0. The Balaban J connectivity index is 2.21. The van der Waals surface area contributed by atoms with Crippen molar-refractivity contribution in [3.8, 4) is 0 Å². The Kier molecular flexibility index (Phi) is 7.42. The van der Waals surface area contributed by atoms with Crippen molar-refractivity contribution in [1.29, 1.82) is 0 Å². The Hall–Kier alpha value is -1.44. The summed E-state index contributed by atoms with van der Waals surface area (Å²) in [6, 6.07) is 6.75. The van der Waals surface area contributed by atoms with Crippen LogP contribution in [-0.4, -0.2) is 66.4 Å². The molecule has 1 saturated heterocycles. The van der Waals surface area contributed by atoms with Crippen LogP contribution in [0.2, 0.25) is 5.02 Å². The number of hydrogen-bond acceptors (Lipinski definition) is 5. The molecule has 0 bridgehead atoms. The smallest absolute Gasteiger partial charge is 0.412 e. The molecule has 150 valence electrons. The van der Waals surface area contributed by atoms with Crippen molar-refractivity contribution in [2.45, 2.75) is 37.8 Å². The van der Waals surface area contributed by atoms with Gasteiger partial charge in [0.15, 0.2) is 0 Å². The van der Waals surface area contributed by atoms with Crippen LogP contribution in [0.15, 0.2) is 24.3 Å². The standard InChI is InChI=1S/C19H28ClN3O3S/c1-19(2,3)26-18(25)23-15(16(24)21-10-11-22(4)5)12-27-17(23)13-6-8-14(20)9-7-13/h6-9,15,17H,10-12H2,1-5H3,(H,21,24)/t15-,17+/m0/s1. The van der Waals surface area contributed by atoms with Gasteiger partial charge >= 0.3 is 6.09 Å². The van der Waals surface area contributed by atoms with E-state index >= 15 is 0 Å². The van der Waals surface area contributed by atoms with Crippen LogP contribution >= 0.6 is 23.4 Å². The van der Waals surface area contributed by atoms with Gasteiger partial charge in [-0.05, 0) is 52.6 Å². The van der Waals surface area contributed by atoms with E-state index in [1.54, 1.807) is 28.8 Å². The molecule has 27 heavy (non-hydrogen) atoms. The first-order valence-corrected chi connectivity index (χ1v) is 10.3. The number of rotatable bonds is 5. The van der Waals surface area contributed by atoms with Crippen LogP contribution in [0, 0.1) is 0 Å². The highest BCUT2D eigenvalue weighted by Gasteiger charge is 2.44. The number of thioether (sulfide) groups is 1. The number of likely N-dealkylation sites (N-methyl/N-ethyl adjacent to an activating group) is 1. The fourth-order valence-electron chi connectivity index (χ4n) is 2.65. The Labute approximate surface area is 170 Å². The maximum Gasteiger partial charge on any atom is 0.412 e. The van der Waals surface area contributed by atoms with Gasteiger partial charge in [0.2, 0.25) is 5.91 Å². The lowest BCUT2D eigenvalue weighted by molar-refractivity contribution is -0.125. The number of amides is 2. The summed E-state index contributed by atoms with van der Waals surface area (Å²) in [6.45, 7) is 6.71. The molecular weight excluding hydrogens is 386 g/mol. The van der Waals surface area contributed by atoms with Gasteiger partial charge in [0, 0.05) is 23.9 Å². The number of halogens is 1. The Morgan fingerprint density at radius 2 is 1.93 bits per heavy atom. The molecule has 1 aliphatic rings. The van der Waals surface area contributed by atoms with E-state index in [1.807, 2.05) is 51.9 Å². The highest BCUT2D eigenvalue weighted by atomic mass is 35.5. The monoisotopic (exact) mass is 413 g/mol. The van der Waals surface area contributed by atoms with E-state index in [0.717, 1.165) is 12.1 Å². The summed E-state index contributed by atoms with van der Waals surface area (Å²) < 4.78 is 5.58. The van der Waals surface area contributed by atoms with Gasteiger partial charge in [-0.15, -0.1) is 11.8 Å². The van der Waals surface area contributed by atoms with Crippen molar-refractivity contribution in [2.75, 3.05) is 32.9 Å². The summed E-state index contributed by atoms with van der Waals surface area (Å²) in [6.07, 6.45) is -0.486. The van der Waals surface area contributed by atoms with Crippen LogP contribution in [0.1, 0.15) is 31.7 Å². The molecule has 0 radical (unpaired) electrons. The lowest BCUT2D eigenvalue weighted by atomic mass is 10.1. The first-order valence-electron chi connectivity index (χ1n) is 8.89. The minimum atomic E-state index is -0.638. The molecular formula is C19H28ClN3O3S. The lowest BCUT2D eigenvalue weighted by Gasteiger charge is -2.31. The Morgan fingerprint density at radius 3 is 2.48 bits per heavy atom. The molecule has 1 heterocycles. The number of carbonyl (C=O) groups is 2. The first kappa shape index (κ1) is 21.9. The van der Waals surface area contributed by atoms with Gasteiger partial charge in [-0.25, -0.2) is 4.79 Å². The van der Waals surface area contributed by atoms with E-state index in [1.165, 1.54) is 0 Å². The fraction of sp³-hybridized carbons (Fsp3) is 0.579. The second-order valence-corrected chi connectivity index (χ2v) is 9.28. The zero-order valence-corrected chi connectivity index (χ0v) is 18.1. The van der Waals surface area contributed by atoms with E-state index in [0.29, 0.717) is 17.3 Å². The summed E-state index contributed by atoms with van der Waals surface area (Å²) in [5, 5.41) is 3.26. The highest BCUT2D eigenvalue weighted by molar-refractivity contribution is 7.99. The van der Waals surface area contributed by atoms with Gasteiger partial charge in [-0.2, -0.15) is 0 Å². The summed E-state index contributed by atoms with van der Waals surface area (Å²) >= 11 is 7.54. The molecule has 0 aromatic heterocycles. The van der Waals surface area contributed by atoms with E-state index in [2.05, 4.69) is 5.32 Å². The highest BCUT2D eigenvalue weighted by Crippen LogP contribution is 2.42. The average Bonchev–Trinajstić information content (AvgIpc) is 2.98. The molecule has 1 aromatic rings. The van der Waals surface area contributed by atoms with Gasteiger partial charge in [0.05, 0.1) is 0 Å². The van der Waals surface area contributed by atoms with E-state index < -0.39 is 17.7 Å². The largest absolute Gasteiger partial charge is 0.444 e. The van der Waals surface area contributed by atoms with Gasteiger partial charge < -0.3 is 15.0 Å². The van der Waals surface area contributed by atoms with Gasteiger partial charge in [0.1, 0.15) is 17.0 Å². The molecule has 2 atom stereocenters. The average molecular weight is 414 g/mol. The molecule has 8 heteroatoms. The number of carbonyl (C=O) groups excluding carboxylic acids is 2. The molecule has 1 aliphatic heterocycles. The van der Waals surface area contributed by atoms with Crippen LogP contribution < -0.4 is 5.32 Å². The van der Waals surface area contributed by atoms with Gasteiger partial charge in [0.25, 0.3) is 0 Å². The van der Waals surface area contributed by atoms with E-state index in [-0.39, 0.29) is 11.3 Å². The van der Waals surface area contributed by atoms with E-state index in [9.17, 15) is 9.59 Å². The molecule has 2 rings (SSSR count). The number of hydrogen-bond donors (Lipinski definition) is 1. The number of benzene rings is 1. The summed E-state index contributed by atoms with van der Waals surface area (Å²) in [5.41, 5.74) is 0.278. The van der Waals surface area contributed by atoms with Crippen molar-refractivity contribution in [3.05, 3.63) is 34.9 Å². The topological polar surface area (TPSA) is 61.9 Å². The van der Waals surface area contributed by atoms with Crippen molar-refractivity contribution < 1.29 is 14.3 Å². The second kappa shape index (κ2) is 9.17. The molecule has 0 unspecified atom stereocenters. The molecule has 1 aromatic carbocycles. The minimum absolute atomic E-state index is 0.160. The fourth-order valence-corrected chi connectivity index (χ4v) is 4.20. The quantitative estimate of drug-likeness (QED) is 0.801. The third-order valence-electron chi connectivity index (χ3n) is 3.92. The van der Waals surface area contributed by atoms with Gasteiger partial charge in [-0.3, -0.25) is 9.69 Å². The minimum Gasteiger partial charge on any atom is -0.444 e. The first-order chi connectivity index (χ1) is 12.6. The molecule has 1 fully saturated rings. The summed E-state index contributed by atoms with van der Waals surface area (Å²) in [4.78, 5) is 29.1. The number of ether oxygens (including phenoxy) is 1. The SMILES string of the molecule is CN(C)CCNC(=O)[C@@H]1CS[C@H](c2ccc(Cl)cc2)N1C(=O)OC(C)(C)C. The zero-order chi connectivity index (χ0) is 20.2. The van der Waals surface area contributed by atoms with Crippen molar-refractivity contribution in [1.82, 2.24) is 15.1 Å². The van der Waals surface area contributed by atoms with Crippen molar-refractivity contribution in [3.63, 3.8) is 0 Å². The van der Waals surface area contributed by atoms with Crippen LogP contribution in [0.3, 0.4) is 0 Å². The van der Waals surface area contributed by atoms with Crippen molar-refractivity contribution in [2.24, 2.45) is 0 Å². The molecule has 0 aliphatic carbocycles. The maximum atomic E-state index is 12.9. The van der Waals surface area contributed by atoms with Crippen LogP contribution in [-0.2, 0) is 9.53 Å². The summed E-state index contributed by atoms with van der Waals surface area (Å²) in [7, 11) is 3.89. The lowest BCUT2D eigenvalue weighted by Crippen LogP contribution is -2.50. The number of nitrogens with one attached hydrogen (secondary N) is 1. The molecule has 0 spiro atoms. The van der Waals surface area contributed by atoms with Crippen LogP contribution in [0.4, 0.5) is 4.79 Å². The van der Waals surface area contributed by atoms with E-state index in [4.69, 9.17) is 16.3 Å². The predicted octanol–water partition coefficient (Wildman–Crippen LogP) is 3.37. The second-order valence-electron chi connectivity index (χ2n) is 7.73. The maximum absolute atomic E-state index is 12.9. The molecule has 6 nitrogen and oxygen atoms in total. The third-order valence-corrected chi connectivity index (χ3v) is 5.50. The van der Waals surface area contributed by atoms with Gasteiger partial charge in [-0.1, -0.05) is 23.7 Å². The number of nitrogens with zero attached hydrogens (tertiary/aromatic N) is 2. The molecule has 1 N–H and O–H groups in total. The molecule has 2 amide bonds. The predicted molar refractivity (Wildman–Crippen MR) is 110 cm³/mol. The Morgan fingerprint density at radius 1 is 1.30 bits per heavy atom. The van der Waals surface area contributed by atoms with Crippen LogP contribution in [0.25, 0.3) is 0 Å². The molecule has 0 saturated carbocycles. The van der Waals surface area contributed by atoms with Crippen LogP contribution in [0.5, 0.6) is 0 Å². The Bertz CT molecular complexity index is 661. The summed E-state index contributed by atoms with van der Waals surface area (Å²) in [5.74, 6) is 0.354.